The van der Waals surface area contributed by atoms with Gasteiger partial charge in [-0.15, -0.1) is 0 Å². The van der Waals surface area contributed by atoms with E-state index in [1.54, 1.807) is 0 Å². The van der Waals surface area contributed by atoms with Gasteiger partial charge in [0.2, 0.25) is 11.8 Å². The minimum absolute atomic E-state index is 0.0166. The standard InChI is InChI=1S/C31H56N2O9/c34-22-24-42-26-25-41-23-21-32-28(35)20-19-27(31(39)40)33-29(36)17-15-13-11-9-7-5-3-1-2-4-6-8-10-12-14-16-18-30(37)38/h22,27H,1-21,23-26H2,(H,32,35)(H,33,36)(H,37,38)(H,39,40)/t27-/m0/s1. The number of carboxylic acids is 2. The number of rotatable bonds is 32. The van der Waals surface area contributed by atoms with Crippen molar-refractivity contribution in [1.82, 2.24) is 10.6 Å². The first-order chi connectivity index (χ1) is 20.4. The lowest BCUT2D eigenvalue weighted by Gasteiger charge is -2.14. The van der Waals surface area contributed by atoms with Crippen LogP contribution in [0.15, 0.2) is 0 Å². The normalized spacial score (nSPS) is 11.6. The Kier molecular flexibility index (Phi) is 28.1. The molecule has 244 valence electrons. The van der Waals surface area contributed by atoms with E-state index in [1.165, 1.54) is 57.8 Å². The third kappa shape index (κ3) is 29.0. The van der Waals surface area contributed by atoms with Gasteiger partial charge in [0.1, 0.15) is 18.9 Å². The largest absolute Gasteiger partial charge is 0.481 e. The Hall–Kier alpha value is -2.53. The first-order valence-corrected chi connectivity index (χ1v) is 16.0. The maximum Gasteiger partial charge on any atom is 0.326 e. The summed E-state index contributed by atoms with van der Waals surface area (Å²) in [5.41, 5.74) is 0. The lowest BCUT2D eigenvalue weighted by Crippen LogP contribution is -2.41. The van der Waals surface area contributed by atoms with E-state index >= 15 is 0 Å². The summed E-state index contributed by atoms with van der Waals surface area (Å²) >= 11 is 0. The van der Waals surface area contributed by atoms with Crippen molar-refractivity contribution in [2.75, 3.05) is 33.0 Å². The molecule has 0 spiro atoms. The quantitative estimate of drug-likeness (QED) is 0.0626. The van der Waals surface area contributed by atoms with Gasteiger partial charge in [-0.1, -0.05) is 89.9 Å². The summed E-state index contributed by atoms with van der Waals surface area (Å²) in [6, 6.07) is -1.09. The SMILES string of the molecule is O=CCOCCOCCNC(=O)CC[C@H](NC(=O)CCCCCCCCCCCCCCCCCCC(=O)O)C(=O)O. The van der Waals surface area contributed by atoms with E-state index in [0.29, 0.717) is 19.3 Å². The number of hydrogen-bond acceptors (Lipinski definition) is 7. The van der Waals surface area contributed by atoms with Crippen LogP contribution in [0.4, 0.5) is 0 Å². The third-order valence-corrected chi connectivity index (χ3v) is 6.96. The zero-order valence-corrected chi connectivity index (χ0v) is 25.6. The van der Waals surface area contributed by atoms with Crippen molar-refractivity contribution in [3.05, 3.63) is 0 Å². The molecule has 11 nitrogen and oxygen atoms in total. The highest BCUT2D eigenvalue weighted by atomic mass is 16.5. The summed E-state index contributed by atoms with van der Waals surface area (Å²) < 4.78 is 10.2. The summed E-state index contributed by atoms with van der Waals surface area (Å²) in [4.78, 5) is 56.2. The van der Waals surface area contributed by atoms with E-state index < -0.39 is 18.0 Å². The number of aliphatic carboxylic acids is 2. The zero-order valence-electron chi connectivity index (χ0n) is 25.6. The molecular weight excluding hydrogens is 544 g/mol. The predicted octanol–water partition coefficient (Wildman–Crippen LogP) is 4.79. The Labute approximate surface area is 251 Å². The molecule has 0 aromatic heterocycles. The van der Waals surface area contributed by atoms with Crippen molar-refractivity contribution >= 4 is 30.0 Å². The second-order valence-electron chi connectivity index (χ2n) is 10.8. The van der Waals surface area contributed by atoms with Crippen LogP contribution in [0.5, 0.6) is 0 Å². The first-order valence-electron chi connectivity index (χ1n) is 16.0. The highest BCUT2D eigenvalue weighted by Gasteiger charge is 2.20. The maximum atomic E-state index is 12.2. The fourth-order valence-electron chi connectivity index (χ4n) is 4.54. The van der Waals surface area contributed by atoms with Crippen LogP contribution in [-0.4, -0.2) is 79.3 Å². The van der Waals surface area contributed by atoms with Crippen molar-refractivity contribution in [1.29, 1.82) is 0 Å². The van der Waals surface area contributed by atoms with Gasteiger partial charge >= 0.3 is 11.9 Å². The first kappa shape index (κ1) is 39.5. The molecule has 0 heterocycles. The van der Waals surface area contributed by atoms with Crippen LogP contribution < -0.4 is 10.6 Å². The second kappa shape index (κ2) is 29.9. The van der Waals surface area contributed by atoms with Gasteiger partial charge in [-0.25, -0.2) is 4.79 Å². The van der Waals surface area contributed by atoms with Gasteiger partial charge in [-0.2, -0.15) is 0 Å². The molecule has 0 aliphatic carbocycles. The van der Waals surface area contributed by atoms with Crippen LogP contribution in [0, 0.1) is 0 Å². The molecule has 0 aromatic carbocycles. The van der Waals surface area contributed by atoms with Gasteiger partial charge in [0.15, 0.2) is 0 Å². The number of carbonyl (C=O) groups is 5. The smallest absolute Gasteiger partial charge is 0.326 e. The van der Waals surface area contributed by atoms with Gasteiger partial charge in [0, 0.05) is 25.8 Å². The summed E-state index contributed by atoms with van der Waals surface area (Å²) in [7, 11) is 0. The van der Waals surface area contributed by atoms with Crippen molar-refractivity contribution in [2.24, 2.45) is 0 Å². The van der Waals surface area contributed by atoms with Gasteiger partial charge in [0.25, 0.3) is 0 Å². The summed E-state index contributed by atoms with van der Waals surface area (Å²) in [6.07, 6.45) is 19.3. The Morgan fingerprint density at radius 2 is 1.07 bits per heavy atom. The molecule has 0 aromatic rings. The number of unbranched alkanes of at least 4 members (excludes halogenated alkanes) is 15. The molecule has 2 amide bonds. The monoisotopic (exact) mass is 600 g/mol. The van der Waals surface area contributed by atoms with Crippen LogP contribution in [0.25, 0.3) is 0 Å². The van der Waals surface area contributed by atoms with E-state index in [0.717, 1.165) is 44.9 Å². The predicted molar refractivity (Wildman–Crippen MR) is 160 cm³/mol. The molecular formula is C31H56N2O9. The number of ether oxygens (including phenoxy) is 2. The van der Waals surface area contributed by atoms with Crippen molar-refractivity contribution < 1.29 is 43.7 Å². The Morgan fingerprint density at radius 1 is 0.595 bits per heavy atom. The second-order valence-corrected chi connectivity index (χ2v) is 10.8. The number of hydrogen-bond donors (Lipinski definition) is 4. The number of amides is 2. The summed E-state index contributed by atoms with van der Waals surface area (Å²) in [5.74, 6) is -2.46. The van der Waals surface area contributed by atoms with Crippen molar-refractivity contribution in [3.63, 3.8) is 0 Å². The minimum Gasteiger partial charge on any atom is -0.481 e. The maximum absolute atomic E-state index is 12.2. The molecule has 0 saturated carbocycles. The van der Waals surface area contributed by atoms with Crippen LogP contribution in [0.2, 0.25) is 0 Å². The topological polar surface area (TPSA) is 168 Å². The van der Waals surface area contributed by atoms with Crippen molar-refractivity contribution in [2.45, 2.75) is 134 Å². The van der Waals surface area contributed by atoms with Gasteiger partial charge in [0.05, 0.1) is 19.8 Å². The molecule has 0 saturated heterocycles. The summed E-state index contributed by atoms with van der Waals surface area (Å²) in [6.45, 7) is 1.16. The number of aldehydes is 1. The molecule has 42 heavy (non-hydrogen) atoms. The van der Waals surface area contributed by atoms with Crippen LogP contribution in [-0.2, 0) is 33.4 Å². The molecule has 0 aliphatic rings. The summed E-state index contributed by atoms with van der Waals surface area (Å²) in [5, 5.41) is 23.2. The fourth-order valence-corrected chi connectivity index (χ4v) is 4.54. The zero-order chi connectivity index (χ0) is 31.1. The molecule has 4 N–H and O–H groups in total. The fraction of sp³-hybridized carbons (Fsp3) is 0.839. The van der Waals surface area contributed by atoms with Gasteiger partial charge in [-0.3, -0.25) is 14.4 Å². The van der Waals surface area contributed by atoms with E-state index in [4.69, 9.17) is 14.6 Å². The van der Waals surface area contributed by atoms with E-state index in [-0.39, 0.29) is 57.4 Å². The van der Waals surface area contributed by atoms with E-state index in [1.807, 2.05) is 0 Å². The molecule has 0 fully saturated rings. The Morgan fingerprint density at radius 3 is 1.55 bits per heavy atom. The minimum atomic E-state index is -1.15. The van der Waals surface area contributed by atoms with Crippen LogP contribution in [0.3, 0.4) is 0 Å². The Bertz CT molecular complexity index is 719. The van der Waals surface area contributed by atoms with Crippen LogP contribution in [0.1, 0.15) is 128 Å². The highest BCUT2D eigenvalue weighted by Crippen LogP contribution is 2.14. The molecule has 0 aliphatic heterocycles. The lowest BCUT2D eigenvalue weighted by molar-refractivity contribution is -0.142. The highest BCUT2D eigenvalue weighted by molar-refractivity contribution is 5.84. The number of carbonyl (C=O) groups excluding carboxylic acids is 3. The molecule has 1 atom stereocenters. The average Bonchev–Trinajstić information content (AvgIpc) is 2.95. The van der Waals surface area contributed by atoms with E-state index in [2.05, 4.69) is 10.6 Å². The molecule has 0 radical (unpaired) electrons. The molecule has 0 bridgehead atoms. The average molecular weight is 601 g/mol. The van der Waals surface area contributed by atoms with Gasteiger partial charge < -0.3 is 35.1 Å². The third-order valence-electron chi connectivity index (χ3n) is 6.96. The van der Waals surface area contributed by atoms with Crippen LogP contribution >= 0.6 is 0 Å². The Balaban J connectivity index is 3.60. The van der Waals surface area contributed by atoms with Crippen molar-refractivity contribution in [3.8, 4) is 0 Å². The molecule has 0 rings (SSSR count). The molecule has 11 heteroatoms. The lowest BCUT2D eigenvalue weighted by atomic mass is 10.0. The molecule has 0 unspecified atom stereocenters. The number of nitrogens with one attached hydrogen (secondary N) is 2. The van der Waals surface area contributed by atoms with Gasteiger partial charge in [-0.05, 0) is 19.3 Å². The number of carboxylic acid groups (broad SMARTS) is 2. The van der Waals surface area contributed by atoms with E-state index in [9.17, 15) is 29.1 Å².